The number of nitrogens with zero attached hydrogens (tertiary/aromatic N) is 1. The number of nitrogens with one attached hydrogen (secondary N) is 1. The van der Waals surface area contributed by atoms with E-state index in [0.717, 1.165) is 12.5 Å². The van der Waals surface area contributed by atoms with Crippen LogP contribution in [0, 0.1) is 16.0 Å². The van der Waals surface area contributed by atoms with Crippen LogP contribution in [0.4, 0.5) is 11.4 Å². The molecule has 1 aromatic carbocycles. The number of amides is 1. The van der Waals surface area contributed by atoms with Crippen molar-refractivity contribution in [2.75, 3.05) is 11.9 Å². The number of nitro groups is 1. The van der Waals surface area contributed by atoms with Crippen molar-refractivity contribution < 1.29 is 14.8 Å². The van der Waals surface area contributed by atoms with Crippen LogP contribution in [-0.4, -0.2) is 22.5 Å². The molecule has 0 aliphatic heterocycles. The maximum atomic E-state index is 11.9. The Bertz CT molecular complexity index is 476. The van der Waals surface area contributed by atoms with Crippen LogP contribution in [0.5, 0.6) is 5.75 Å². The van der Waals surface area contributed by atoms with Gasteiger partial charge in [0.25, 0.3) is 5.69 Å². The summed E-state index contributed by atoms with van der Waals surface area (Å²) < 4.78 is 0. The summed E-state index contributed by atoms with van der Waals surface area (Å²) in [5.74, 6) is -0.954. The SMILES string of the molecule is CCCC(CN)C(=O)Nc1ccc(O)cc1[N+](=O)[O-]. The molecule has 1 amide bonds. The van der Waals surface area contributed by atoms with Crippen molar-refractivity contribution in [3.63, 3.8) is 0 Å². The molecule has 1 aromatic rings. The number of aromatic hydroxyl groups is 1. The number of benzene rings is 1. The average molecular weight is 267 g/mol. The molecule has 0 spiro atoms. The van der Waals surface area contributed by atoms with Gasteiger partial charge >= 0.3 is 0 Å². The molecule has 0 aromatic heterocycles. The number of rotatable bonds is 6. The van der Waals surface area contributed by atoms with Gasteiger partial charge in [0, 0.05) is 6.54 Å². The van der Waals surface area contributed by atoms with E-state index >= 15 is 0 Å². The summed E-state index contributed by atoms with van der Waals surface area (Å²) in [6.07, 6.45) is 1.42. The molecule has 0 bridgehead atoms. The van der Waals surface area contributed by atoms with Gasteiger partial charge in [0.15, 0.2) is 0 Å². The summed E-state index contributed by atoms with van der Waals surface area (Å²) in [4.78, 5) is 22.1. The quantitative estimate of drug-likeness (QED) is 0.411. The van der Waals surface area contributed by atoms with Crippen molar-refractivity contribution in [3.8, 4) is 5.75 Å². The lowest BCUT2D eigenvalue weighted by Crippen LogP contribution is -2.29. The zero-order valence-corrected chi connectivity index (χ0v) is 10.6. The molecular formula is C12H17N3O4. The van der Waals surface area contributed by atoms with E-state index in [1.807, 2.05) is 6.92 Å². The first-order valence-electron chi connectivity index (χ1n) is 5.98. The second-order valence-corrected chi connectivity index (χ2v) is 4.17. The molecule has 7 nitrogen and oxygen atoms in total. The largest absolute Gasteiger partial charge is 0.508 e. The van der Waals surface area contributed by atoms with Gasteiger partial charge in [-0.3, -0.25) is 14.9 Å². The van der Waals surface area contributed by atoms with Crippen molar-refractivity contribution in [3.05, 3.63) is 28.3 Å². The summed E-state index contributed by atoms with van der Waals surface area (Å²) in [6.45, 7) is 2.12. The van der Waals surface area contributed by atoms with Gasteiger partial charge in [-0.1, -0.05) is 13.3 Å². The number of phenols is 1. The molecule has 0 saturated carbocycles. The van der Waals surface area contributed by atoms with Crippen molar-refractivity contribution in [1.29, 1.82) is 0 Å². The summed E-state index contributed by atoms with van der Waals surface area (Å²) >= 11 is 0. The molecule has 0 radical (unpaired) electrons. The van der Waals surface area contributed by atoms with E-state index in [1.165, 1.54) is 12.1 Å². The highest BCUT2D eigenvalue weighted by atomic mass is 16.6. The number of nitrogens with two attached hydrogens (primary N) is 1. The van der Waals surface area contributed by atoms with E-state index in [1.54, 1.807) is 0 Å². The summed E-state index contributed by atoms with van der Waals surface area (Å²) in [7, 11) is 0. The van der Waals surface area contributed by atoms with Gasteiger partial charge in [0.2, 0.25) is 5.91 Å². The van der Waals surface area contributed by atoms with Crippen LogP contribution in [0.25, 0.3) is 0 Å². The predicted octanol–water partition coefficient (Wildman–Crippen LogP) is 1.61. The molecule has 4 N–H and O–H groups in total. The van der Waals surface area contributed by atoms with Crippen LogP contribution in [0.3, 0.4) is 0 Å². The second kappa shape index (κ2) is 6.69. The topological polar surface area (TPSA) is 118 Å². The fourth-order valence-electron chi connectivity index (χ4n) is 1.72. The van der Waals surface area contributed by atoms with Crippen molar-refractivity contribution >= 4 is 17.3 Å². The van der Waals surface area contributed by atoms with E-state index in [0.29, 0.717) is 6.42 Å². The maximum Gasteiger partial charge on any atom is 0.296 e. The van der Waals surface area contributed by atoms with Crippen LogP contribution in [-0.2, 0) is 4.79 Å². The zero-order valence-electron chi connectivity index (χ0n) is 10.6. The average Bonchev–Trinajstić information content (AvgIpc) is 2.37. The van der Waals surface area contributed by atoms with E-state index in [4.69, 9.17) is 5.73 Å². The maximum absolute atomic E-state index is 11.9. The van der Waals surface area contributed by atoms with Crippen molar-refractivity contribution in [2.45, 2.75) is 19.8 Å². The first-order chi connectivity index (χ1) is 8.99. The third-order valence-electron chi connectivity index (χ3n) is 2.73. The number of nitro benzene ring substituents is 1. The summed E-state index contributed by atoms with van der Waals surface area (Å²) in [6, 6.07) is 3.57. The Morgan fingerprint density at radius 1 is 1.58 bits per heavy atom. The highest BCUT2D eigenvalue weighted by molar-refractivity contribution is 5.94. The molecule has 1 unspecified atom stereocenters. The minimum atomic E-state index is -0.660. The van der Waals surface area contributed by atoms with Crippen LogP contribution >= 0.6 is 0 Å². The van der Waals surface area contributed by atoms with E-state index in [-0.39, 0.29) is 35.5 Å². The number of hydrogen-bond donors (Lipinski definition) is 3. The summed E-state index contributed by atoms with van der Waals surface area (Å²) in [5, 5.41) is 22.5. The lowest BCUT2D eigenvalue weighted by Gasteiger charge is -2.13. The van der Waals surface area contributed by atoms with E-state index in [9.17, 15) is 20.0 Å². The molecule has 0 aliphatic carbocycles. The Morgan fingerprint density at radius 2 is 2.26 bits per heavy atom. The molecule has 0 fully saturated rings. The normalized spacial score (nSPS) is 11.9. The summed E-state index contributed by atoms with van der Waals surface area (Å²) in [5.41, 5.74) is 5.21. The van der Waals surface area contributed by atoms with Gasteiger partial charge in [0.05, 0.1) is 16.9 Å². The van der Waals surface area contributed by atoms with Gasteiger partial charge in [-0.05, 0) is 18.6 Å². The Balaban J connectivity index is 2.92. The van der Waals surface area contributed by atoms with Crippen LogP contribution in [0.1, 0.15) is 19.8 Å². The van der Waals surface area contributed by atoms with Gasteiger partial charge in [-0.2, -0.15) is 0 Å². The molecule has 1 rings (SSSR count). The Morgan fingerprint density at radius 3 is 2.79 bits per heavy atom. The zero-order chi connectivity index (χ0) is 14.4. The molecule has 19 heavy (non-hydrogen) atoms. The van der Waals surface area contributed by atoms with Crippen LogP contribution in [0.2, 0.25) is 0 Å². The molecule has 1 atom stereocenters. The minimum Gasteiger partial charge on any atom is -0.508 e. The third-order valence-corrected chi connectivity index (χ3v) is 2.73. The monoisotopic (exact) mass is 267 g/mol. The number of anilines is 1. The molecule has 7 heteroatoms. The van der Waals surface area contributed by atoms with Crippen LogP contribution in [0.15, 0.2) is 18.2 Å². The number of carbonyl (C=O) groups is 1. The number of carbonyl (C=O) groups excluding carboxylic acids is 1. The molecule has 104 valence electrons. The Kier molecular flexibility index (Phi) is 5.25. The Labute approximate surface area is 110 Å². The molecular weight excluding hydrogens is 250 g/mol. The van der Waals surface area contributed by atoms with Crippen molar-refractivity contribution in [1.82, 2.24) is 0 Å². The Hall–Kier alpha value is -2.15. The van der Waals surface area contributed by atoms with Gasteiger partial charge in [-0.25, -0.2) is 0 Å². The molecule has 0 heterocycles. The van der Waals surface area contributed by atoms with Crippen molar-refractivity contribution in [2.24, 2.45) is 11.7 Å². The first kappa shape index (κ1) is 14.9. The second-order valence-electron chi connectivity index (χ2n) is 4.17. The van der Waals surface area contributed by atoms with Gasteiger partial charge < -0.3 is 16.2 Å². The smallest absolute Gasteiger partial charge is 0.296 e. The first-order valence-corrected chi connectivity index (χ1v) is 5.98. The fourth-order valence-corrected chi connectivity index (χ4v) is 1.72. The van der Waals surface area contributed by atoms with Gasteiger partial charge in [-0.15, -0.1) is 0 Å². The highest BCUT2D eigenvalue weighted by Gasteiger charge is 2.21. The van der Waals surface area contributed by atoms with E-state index < -0.39 is 4.92 Å². The van der Waals surface area contributed by atoms with E-state index in [2.05, 4.69) is 5.32 Å². The standard InChI is InChI=1S/C12H17N3O4/c1-2-3-8(7-13)12(17)14-10-5-4-9(16)6-11(10)15(18)19/h4-6,8,16H,2-3,7,13H2,1H3,(H,14,17). The highest BCUT2D eigenvalue weighted by Crippen LogP contribution is 2.28. The third kappa shape index (κ3) is 3.92. The van der Waals surface area contributed by atoms with Crippen LogP contribution < -0.4 is 11.1 Å². The number of phenolic OH excluding ortho intramolecular Hbond substituents is 1. The molecule has 0 saturated heterocycles. The predicted molar refractivity (Wildman–Crippen MR) is 70.8 cm³/mol. The lowest BCUT2D eigenvalue weighted by molar-refractivity contribution is -0.384. The fraction of sp³-hybridized carbons (Fsp3) is 0.417. The number of hydrogen-bond acceptors (Lipinski definition) is 5. The molecule has 0 aliphatic rings. The van der Waals surface area contributed by atoms with Gasteiger partial charge in [0.1, 0.15) is 11.4 Å². The lowest BCUT2D eigenvalue weighted by atomic mass is 10.0. The minimum absolute atomic E-state index is 0.0577.